The molecule has 0 radical (unpaired) electrons. The number of nitrogens with one attached hydrogen (secondary N) is 1. The number of halogens is 3. The lowest BCUT2D eigenvalue weighted by molar-refractivity contribution is 0.0387. The molecule has 0 saturated carbocycles. The van der Waals surface area contributed by atoms with Gasteiger partial charge in [0.1, 0.15) is 10.6 Å². The van der Waals surface area contributed by atoms with E-state index in [0.29, 0.717) is 17.0 Å². The van der Waals surface area contributed by atoms with Crippen LogP contribution < -0.4 is 5.32 Å². The predicted molar refractivity (Wildman–Crippen MR) is 119 cm³/mol. The molecule has 0 atom stereocenters. The Kier molecular flexibility index (Phi) is 7.61. The quantitative estimate of drug-likeness (QED) is 0.343. The number of hydrogen-bond donors (Lipinski definition) is 2. The molecule has 0 fully saturated rings. The summed E-state index contributed by atoms with van der Waals surface area (Å²) in [6, 6.07) is 5.87. The molecule has 0 unspecified atom stereocenters. The summed E-state index contributed by atoms with van der Waals surface area (Å²) in [5.41, 5.74) is -3.42. The average molecular weight is 550 g/mol. The van der Waals surface area contributed by atoms with Crippen LogP contribution in [0, 0.1) is 0 Å². The average Bonchev–Trinajstić information content (AvgIpc) is 3.11. The molecule has 0 aliphatic heterocycles. The molecule has 13 heteroatoms. The van der Waals surface area contributed by atoms with Gasteiger partial charge in [-0.25, -0.2) is 0 Å². The summed E-state index contributed by atoms with van der Waals surface area (Å²) in [6.45, 7) is 2.47. The maximum absolute atomic E-state index is 15.3. The molecular formula is C19H19BrF2N3O5PS. The Bertz CT molecular complexity index is 1170. The van der Waals surface area contributed by atoms with Gasteiger partial charge in [0, 0.05) is 21.6 Å². The molecule has 32 heavy (non-hydrogen) atoms. The highest BCUT2D eigenvalue weighted by molar-refractivity contribution is 9.10. The number of hydrogen-bond acceptors (Lipinski definition) is 8. The fourth-order valence-electron chi connectivity index (χ4n) is 2.84. The van der Waals surface area contributed by atoms with Gasteiger partial charge in [0.15, 0.2) is 0 Å². The van der Waals surface area contributed by atoms with Crippen LogP contribution in [0.1, 0.15) is 34.8 Å². The Morgan fingerprint density at radius 2 is 2.00 bits per heavy atom. The zero-order valence-corrected chi connectivity index (χ0v) is 20.3. The molecule has 2 N–H and O–H groups in total. The van der Waals surface area contributed by atoms with Gasteiger partial charge in [0.25, 0.3) is 5.91 Å². The fraction of sp³-hybridized carbons (Fsp3) is 0.316. The number of amides is 1. The van der Waals surface area contributed by atoms with Crippen molar-refractivity contribution < 1.29 is 32.3 Å². The van der Waals surface area contributed by atoms with Gasteiger partial charge in [-0.05, 0) is 54.0 Å². The number of nitrogens with zero attached hydrogens (tertiary/aromatic N) is 2. The molecule has 1 amide bonds. The van der Waals surface area contributed by atoms with Crippen LogP contribution in [0.25, 0.3) is 10.1 Å². The van der Waals surface area contributed by atoms with E-state index in [0.717, 1.165) is 0 Å². The normalized spacial score (nSPS) is 12.3. The summed E-state index contributed by atoms with van der Waals surface area (Å²) in [6.07, 6.45) is 1.49. The zero-order chi connectivity index (χ0) is 23.5. The summed E-state index contributed by atoms with van der Waals surface area (Å²) in [4.78, 5) is 11.9. The van der Waals surface area contributed by atoms with Crippen molar-refractivity contribution in [3.8, 4) is 5.75 Å². The smallest absolute Gasteiger partial charge is 0.405 e. The number of rotatable bonds is 9. The van der Waals surface area contributed by atoms with Crippen molar-refractivity contribution in [2.45, 2.75) is 26.1 Å². The number of thiophene rings is 1. The van der Waals surface area contributed by atoms with E-state index >= 15 is 8.78 Å². The highest BCUT2D eigenvalue weighted by Crippen LogP contribution is 2.69. The van der Waals surface area contributed by atoms with Crippen molar-refractivity contribution in [2.75, 3.05) is 13.2 Å². The predicted octanol–water partition coefficient (Wildman–Crippen LogP) is 5.40. The second-order valence-electron chi connectivity index (χ2n) is 6.39. The Hall–Kier alpha value is -1.98. The Labute approximate surface area is 194 Å². The van der Waals surface area contributed by atoms with Crippen molar-refractivity contribution in [1.29, 1.82) is 0 Å². The third-order valence-electron chi connectivity index (χ3n) is 4.24. The third-order valence-corrected chi connectivity index (χ3v) is 8.89. The van der Waals surface area contributed by atoms with Gasteiger partial charge in [-0.1, -0.05) is 0 Å². The molecule has 2 aromatic heterocycles. The molecule has 0 saturated heterocycles. The number of benzene rings is 1. The van der Waals surface area contributed by atoms with Crippen LogP contribution in [-0.4, -0.2) is 34.4 Å². The molecule has 3 rings (SSSR count). The first-order chi connectivity index (χ1) is 15.1. The van der Waals surface area contributed by atoms with Crippen LogP contribution in [0.5, 0.6) is 5.75 Å². The largest absolute Gasteiger partial charge is 0.506 e. The van der Waals surface area contributed by atoms with E-state index in [-0.39, 0.29) is 45.6 Å². The zero-order valence-electron chi connectivity index (χ0n) is 17.0. The second-order valence-corrected chi connectivity index (χ2v) is 10.3. The summed E-state index contributed by atoms with van der Waals surface area (Å²) in [5.74, 6) is -0.920. The molecule has 8 nitrogen and oxygen atoms in total. The minimum atomic E-state index is -4.84. The van der Waals surface area contributed by atoms with Gasteiger partial charge in [-0.2, -0.15) is 19.0 Å². The topological polar surface area (TPSA) is 111 Å². The van der Waals surface area contributed by atoms with Gasteiger partial charge in [-0.3, -0.25) is 9.36 Å². The van der Waals surface area contributed by atoms with Crippen LogP contribution in [0.2, 0.25) is 0 Å². The number of alkyl halides is 2. The van der Waals surface area contributed by atoms with Crippen LogP contribution in [0.4, 0.5) is 8.78 Å². The number of carbonyl (C=O) groups is 1. The molecular weight excluding hydrogens is 531 g/mol. The minimum Gasteiger partial charge on any atom is -0.506 e. The molecule has 0 aliphatic rings. The van der Waals surface area contributed by atoms with Crippen molar-refractivity contribution >= 4 is 50.9 Å². The van der Waals surface area contributed by atoms with Gasteiger partial charge in [0.05, 0.1) is 30.2 Å². The number of aromatic nitrogens is 2. The van der Waals surface area contributed by atoms with Gasteiger partial charge < -0.3 is 19.5 Å². The summed E-state index contributed by atoms with van der Waals surface area (Å²) < 4.78 is 53.0. The van der Waals surface area contributed by atoms with Gasteiger partial charge in [-0.15, -0.1) is 11.3 Å². The summed E-state index contributed by atoms with van der Waals surface area (Å²) in [7, 11) is -4.84. The van der Waals surface area contributed by atoms with Crippen molar-refractivity contribution in [1.82, 2.24) is 15.5 Å². The molecule has 3 aromatic rings. The molecule has 0 spiro atoms. The number of phenolic OH excluding ortho intramolecular Hbond substituents is 1. The first-order valence-electron chi connectivity index (χ1n) is 9.41. The molecule has 2 heterocycles. The van der Waals surface area contributed by atoms with Crippen molar-refractivity contribution in [3.05, 3.63) is 51.1 Å². The first-order valence-corrected chi connectivity index (χ1v) is 12.6. The van der Waals surface area contributed by atoms with E-state index in [1.54, 1.807) is 12.1 Å². The highest BCUT2D eigenvalue weighted by Gasteiger charge is 2.57. The molecule has 0 bridgehead atoms. The summed E-state index contributed by atoms with van der Waals surface area (Å²) in [5, 5.41) is 20.8. The fourth-order valence-corrected chi connectivity index (χ4v) is 6.80. The maximum atomic E-state index is 15.3. The van der Waals surface area contributed by atoms with E-state index in [4.69, 9.17) is 9.05 Å². The number of aromatic hydroxyl groups is 1. The van der Waals surface area contributed by atoms with Crippen LogP contribution in [0.3, 0.4) is 0 Å². The lowest BCUT2D eigenvalue weighted by atomic mass is 10.1. The van der Waals surface area contributed by atoms with E-state index in [2.05, 4.69) is 31.4 Å². The van der Waals surface area contributed by atoms with Crippen LogP contribution >= 0.6 is 34.9 Å². The monoisotopic (exact) mass is 549 g/mol. The highest BCUT2D eigenvalue weighted by atomic mass is 79.9. The van der Waals surface area contributed by atoms with Gasteiger partial charge in [0.2, 0.25) is 0 Å². The molecule has 0 aliphatic carbocycles. The third kappa shape index (κ3) is 4.69. The maximum Gasteiger partial charge on any atom is 0.405 e. The van der Waals surface area contributed by atoms with Gasteiger partial charge >= 0.3 is 13.3 Å². The number of carbonyl (C=O) groups excluding carboxylic acids is 1. The van der Waals surface area contributed by atoms with E-state index < -0.39 is 24.0 Å². The molecule has 1 aromatic carbocycles. The van der Waals surface area contributed by atoms with E-state index in [9.17, 15) is 14.5 Å². The number of phenols is 1. The Morgan fingerprint density at radius 3 is 2.59 bits per heavy atom. The standard InChI is InChI=1S/C19H19BrF2N3O5PS/c1-3-29-31(28,30-4-2)19(21,22)17-15(20)13-8-11(9-14(26)16(13)32-17)18(27)23-10-12-6-5-7-24-25-12/h5-9,26H,3-4,10H2,1-2H3,(H,23,27). The van der Waals surface area contributed by atoms with E-state index in [1.165, 1.54) is 32.2 Å². The Balaban J connectivity index is 1.98. The first kappa shape index (κ1) is 24.7. The lowest BCUT2D eigenvalue weighted by Gasteiger charge is -2.25. The van der Waals surface area contributed by atoms with Crippen molar-refractivity contribution in [2.24, 2.45) is 0 Å². The van der Waals surface area contributed by atoms with Crippen LogP contribution in [-0.2, 0) is 25.8 Å². The molecule has 172 valence electrons. The minimum absolute atomic E-state index is 0.0463. The summed E-state index contributed by atoms with van der Waals surface area (Å²) >= 11 is 3.65. The van der Waals surface area contributed by atoms with Crippen LogP contribution in [0.15, 0.2) is 34.9 Å². The van der Waals surface area contributed by atoms with Crippen molar-refractivity contribution in [3.63, 3.8) is 0 Å². The van der Waals surface area contributed by atoms with E-state index in [1.807, 2.05) is 0 Å². The Morgan fingerprint density at radius 1 is 1.31 bits per heavy atom. The lowest BCUT2D eigenvalue weighted by Crippen LogP contribution is -2.23. The second kappa shape index (κ2) is 9.88. The number of fused-ring (bicyclic) bond motifs is 1. The SMILES string of the molecule is CCOP(=O)(OCC)C(F)(F)c1sc2c(O)cc(C(=O)NCc3cccnn3)cc2c1Br.